The van der Waals surface area contributed by atoms with Crippen LogP contribution in [0.15, 0.2) is 12.2 Å². The first-order valence-corrected chi connectivity index (χ1v) is 2.59. The molecule has 0 aromatic rings. The van der Waals surface area contributed by atoms with Gasteiger partial charge < -0.3 is 0 Å². The third-order valence-electron chi connectivity index (χ3n) is 0.803. The molecule has 0 saturated heterocycles. The summed E-state index contributed by atoms with van der Waals surface area (Å²) in [5.74, 6) is 0. The van der Waals surface area contributed by atoms with E-state index in [4.69, 9.17) is 5.26 Å². The molecular weight excluding hydrogens is 104 g/mol. The molecule has 0 fully saturated rings. The van der Waals surface area contributed by atoms with Gasteiger partial charge in [0, 0.05) is 0 Å². The number of hydrogen-bond acceptors (Lipinski definition) is 2. The van der Waals surface area contributed by atoms with Crippen molar-refractivity contribution in [1.29, 1.82) is 0 Å². The number of hydrogen-bond donors (Lipinski definition) is 1. The standard InChI is InChI=1S/C6H12O2/c1-4-5-6(2,3)8-7/h4-5,7H,1-3H3. The number of rotatable bonds is 2. The summed E-state index contributed by atoms with van der Waals surface area (Å²) in [7, 11) is 0. The van der Waals surface area contributed by atoms with Crippen molar-refractivity contribution in [2.75, 3.05) is 0 Å². The monoisotopic (exact) mass is 116 g/mol. The highest BCUT2D eigenvalue weighted by Crippen LogP contribution is 2.07. The van der Waals surface area contributed by atoms with Crippen LogP contribution in [0.25, 0.3) is 0 Å². The van der Waals surface area contributed by atoms with E-state index in [0.717, 1.165) is 0 Å². The zero-order valence-electron chi connectivity index (χ0n) is 5.51. The lowest BCUT2D eigenvalue weighted by molar-refractivity contribution is -0.297. The third-order valence-corrected chi connectivity index (χ3v) is 0.803. The second-order valence-corrected chi connectivity index (χ2v) is 2.19. The fourth-order valence-electron chi connectivity index (χ4n) is 0.432. The van der Waals surface area contributed by atoms with Crippen LogP contribution in [-0.4, -0.2) is 10.9 Å². The van der Waals surface area contributed by atoms with Crippen LogP contribution in [0.2, 0.25) is 0 Å². The van der Waals surface area contributed by atoms with Gasteiger partial charge in [-0.25, -0.2) is 4.89 Å². The molecule has 2 nitrogen and oxygen atoms in total. The van der Waals surface area contributed by atoms with E-state index in [1.807, 2.05) is 13.0 Å². The highest BCUT2D eigenvalue weighted by Gasteiger charge is 2.11. The van der Waals surface area contributed by atoms with Gasteiger partial charge in [-0.3, -0.25) is 5.26 Å². The van der Waals surface area contributed by atoms with E-state index in [1.165, 1.54) is 0 Å². The molecule has 0 spiro atoms. The Bertz CT molecular complexity index is 84.5. The van der Waals surface area contributed by atoms with Gasteiger partial charge in [0.05, 0.1) is 0 Å². The predicted octanol–water partition coefficient (Wildman–Crippen LogP) is 1.83. The van der Waals surface area contributed by atoms with Crippen molar-refractivity contribution in [3.8, 4) is 0 Å². The van der Waals surface area contributed by atoms with Gasteiger partial charge >= 0.3 is 0 Å². The molecule has 0 heterocycles. The van der Waals surface area contributed by atoms with Crippen LogP contribution in [0.4, 0.5) is 0 Å². The lowest BCUT2D eigenvalue weighted by atomic mass is 10.1. The van der Waals surface area contributed by atoms with Crippen molar-refractivity contribution in [1.82, 2.24) is 0 Å². The van der Waals surface area contributed by atoms with Crippen LogP contribution in [0.1, 0.15) is 20.8 Å². The molecule has 0 saturated carbocycles. The van der Waals surface area contributed by atoms with Gasteiger partial charge in [0.2, 0.25) is 0 Å². The minimum atomic E-state index is -0.533. The summed E-state index contributed by atoms with van der Waals surface area (Å²) in [4.78, 5) is 4.09. The maximum atomic E-state index is 8.17. The Morgan fingerprint density at radius 3 is 2.12 bits per heavy atom. The molecule has 0 amide bonds. The van der Waals surface area contributed by atoms with Gasteiger partial charge in [-0.1, -0.05) is 12.2 Å². The molecule has 0 rings (SSSR count). The summed E-state index contributed by atoms with van der Waals surface area (Å²) in [6.45, 7) is 5.42. The van der Waals surface area contributed by atoms with Gasteiger partial charge in [0.1, 0.15) is 5.60 Å². The molecule has 0 atom stereocenters. The van der Waals surface area contributed by atoms with Crippen molar-refractivity contribution >= 4 is 0 Å². The maximum Gasteiger partial charge on any atom is 0.116 e. The minimum Gasteiger partial charge on any atom is -0.251 e. The lowest BCUT2D eigenvalue weighted by Gasteiger charge is -2.13. The third kappa shape index (κ3) is 2.77. The highest BCUT2D eigenvalue weighted by atomic mass is 17.1. The Kier molecular flexibility index (Phi) is 2.72. The second-order valence-electron chi connectivity index (χ2n) is 2.19. The molecule has 8 heavy (non-hydrogen) atoms. The SMILES string of the molecule is CC=CC(C)(C)OO. The fraction of sp³-hybridized carbons (Fsp3) is 0.667. The molecule has 0 aromatic heterocycles. The zero-order chi connectivity index (χ0) is 6.62. The predicted molar refractivity (Wildman–Crippen MR) is 32.6 cm³/mol. The molecule has 0 aliphatic carbocycles. The summed E-state index contributed by atoms with van der Waals surface area (Å²) in [6, 6.07) is 0. The fourth-order valence-corrected chi connectivity index (χ4v) is 0.432. The van der Waals surface area contributed by atoms with E-state index >= 15 is 0 Å². The molecule has 48 valence electrons. The minimum absolute atomic E-state index is 0.533. The molecule has 2 heteroatoms. The smallest absolute Gasteiger partial charge is 0.116 e. The van der Waals surface area contributed by atoms with E-state index < -0.39 is 5.60 Å². The van der Waals surface area contributed by atoms with Gasteiger partial charge in [0.15, 0.2) is 0 Å². The largest absolute Gasteiger partial charge is 0.251 e. The van der Waals surface area contributed by atoms with Crippen LogP contribution >= 0.6 is 0 Å². The Morgan fingerprint density at radius 2 is 2.00 bits per heavy atom. The Hall–Kier alpha value is -0.340. The summed E-state index contributed by atoms with van der Waals surface area (Å²) in [5.41, 5.74) is -0.533. The Balaban J connectivity index is 3.71. The van der Waals surface area contributed by atoms with Gasteiger partial charge in [-0.05, 0) is 20.8 Å². The molecular formula is C6H12O2. The summed E-state index contributed by atoms with van der Waals surface area (Å²) in [5, 5.41) is 8.17. The van der Waals surface area contributed by atoms with E-state index in [1.54, 1.807) is 19.9 Å². The molecule has 0 aliphatic rings. The van der Waals surface area contributed by atoms with Crippen molar-refractivity contribution < 1.29 is 10.1 Å². The van der Waals surface area contributed by atoms with Crippen LogP contribution < -0.4 is 0 Å². The van der Waals surface area contributed by atoms with E-state index in [9.17, 15) is 0 Å². The normalized spacial score (nSPS) is 13.0. The summed E-state index contributed by atoms with van der Waals surface area (Å²) in [6.07, 6.45) is 3.60. The molecule has 0 unspecified atom stereocenters. The first kappa shape index (κ1) is 7.66. The molecule has 0 bridgehead atoms. The average molecular weight is 116 g/mol. The molecule has 1 N–H and O–H groups in total. The molecule has 0 radical (unpaired) electrons. The van der Waals surface area contributed by atoms with Crippen molar-refractivity contribution in [3.05, 3.63) is 12.2 Å². The van der Waals surface area contributed by atoms with Crippen LogP contribution in [0.5, 0.6) is 0 Å². The zero-order valence-corrected chi connectivity index (χ0v) is 5.51. The van der Waals surface area contributed by atoms with Crippen LogP contribution in [0, 0.1) is 0 Å². The Labute approximate surface area is 49.7 Å². The maximum absolute atomic E-state index is 8.17. The van der Waals surface area contributed by atoms with E-state index in [0.29, 0.717) is 0 Å². The van der Waals surface area contributed by atoms with Crippen LogP contribution in [-0.2, 0) is 4.89 Å². The number of allylic oxidation sites excluding steroid dienone is 1. The first-order chi connectivity index (χ1) is 3.62. The molecule has 0 aromatic carbocycles. The van der Waals surface area contributed by atoms with Crippen molar-refractivity contribution in [2.45, 2.75) is 26.4 Å². The lowest BCUT2D eigenvalue weighted by Crippen LogP contribution is -2.18. The summed E-state index contributed by atoms with van der Waals surface area (Å²) < 4.78 is 0. The van der Waals surface area contributed by atoms with Crippen molar-refractivity contribution in [2.24, 2.45) is 0 Å². The van der Waals surface area contributed by atoms with E-state index in [2.05, 4.69) is 4.89 Å². The quantitative estimate of drug-likeness (QED) is 0.339. The van der Waals surface area contributed by atoms with E-state index in [-0.39, 0.29) is 0 Å². The second kappa shape index (κ2) is 2.84. The van der Waals surface area contributed by atoms with Gasteiger partial charge in [-0.15, -0.1) is 0 Å². The average Bonchev–Trinajstić information content (AvgIpc) is 1.67. The first-order valence-electron chi connectivity index (χ1n) is 2.59. The van der Waals surface area contributed by atoms with Gasteiger partial charge in [-0.2, -0.15) is 0 Å². The topological polar surface area (TPSA) is 29.5 Å². The van der Waals surface area contributed by atoms with Crippen LogP contribution in [0.3, 0.4) is 0 Å². The molecule has 0 aliphatic heterocycles. The van der Waals surface area contributed by atoms with Gasteiger partial charge in [0.25, 0.3) is 0 Å². The summed E-state index contributed by atoms with van der Waals surface area (Å²) >= 11 is 0. The highest BCUT2D eigenvalue weighted by molar-refractivity contribution is 4.93. The Morgan fingerprint density at radius 1 is 1.50 bits per heavy atom. The van der Waals surface area contributed by atoms with Crippen molar-refractivity contribution in [3.63, 3.8) is 0 Å².